The number of rotatable bonds is 7. The number of aromatic nitrogens is 1. The van der Waals surface area contributed by atoms with Gasteiger partial charge in [0.05, 0.1) is 17.0 Å². The molecule has 0 spiro atoms. The van der Waals surface area contributed by atoms with E-state index in [4.69, 9.17) is 10.2 Å². The number of fused-ring (bicyclic) bond motifs is 1. The van der Waals surface area contributed by atoms with Crippen LogP contribution in [0.2, 0.25) is 0 Å². The highest BCUT2D eigenvalue weighted by molar-refractivity contribution is 5.94. The van der Waals surface area contributed by atoms with E-state index in [2.05, 4.69) is 15.2 Å². The van der Waals surface area contributed by atoms with E-state index in [9.17, 15) is 14.4 Å². The minimum Gasteiger partial charge on any atom is -0.408 e. The number of hydrogen-bond donors (Lipinski definition) is 3. The van der Waals surface area contributed by atoms with Gasteiger partial charge < -0.3 is 20.4 Å². The molecule has 1 atom stereocenters. The number of carbonyl (C=O) groups excluding carboxylic acids is 2. The predicted molar refractivity (Wildman–Crippen MR) is 119 cm³/mol. The van der Waals surface area contributed by atoms with Crippen molar-refractivity contribution in [2.24, 2.45) is 5.73 Å². The lowest BCUT2D eigenvalue weighted by molar-refractivity contribution is -0.124. The second-order valence-electron chi connectivity index (χ2n) is 8.83. The second kappa shape index (κ2) is 7.94. The molecule has 5 rings (SSSR count). The molecule has 2 fully saturated rings. The average Bonchev–Trinajstić information content (AvgIpc) is 3.27. The normalized spacial score (nSPS) is 18.5. The largest absolute Gasteiger partial charge is 0.417 e. The van der Waals surface area contributed by atoms with Crippen LogP contribution in [0.1, 0.15) is 53.2 Å². The average molecular weight is 434 g/mol. The smallest absolute Gasteiger partial charge is 0.408 e. The molecule has 2 aliphatic rings. The van der Waals surface area contributed by atoms with Crippen LogP contribution in [-0.4, -0.2) is 41.3 Å². The zero-order valence-corrected chi connectivity index (χ0v) is 17.7. The fourth-order valence-corrected chi connectivity index (χ4v) is 4.68. The van der Waals surface area contributed by atoms with E-state index >= 15 is 0 Å². The standard InChI is InChI=1S/C24H26N4O4/c25-21(29)16-5-3-4-15(12-16)19(14-28-10-1-2-11-28)26-22(30)24(8-9-24)17-6-7-20-18(13-17)27-23(31)32-20/h3-7,12-13,19H,1-2,8-11,14H2,(H2,25,29)(H,26,30)(H,27,31). The maximum absolute atomic E-state index is 13.5. The molecular weight excluding hydrogens is 408 g/mol. The molecule has 2 heterocycles. The van der Waals surface area contributed by atoms with Gasteiger partial charge in [-0.3, -0.25) is 14.6 Å². The number of nitrogens with zero attached hydrogens (tertiary/aromatic N) is 1. The fraction of sp³-hybridized carbons (Fsp3) is 0.375. The Hall–Kier alpha value is -3.39. The molecule has 1 aliphatic carbocycles. The number of hydrogen-bond acceptors (Lipinski definition) is 5. The number of nitrogens with one attached hydrogen (secondary N) is 2. The summed E-state index contributed by atoms with van der Waals surface area (Å²) in [5.74, 6) is -1.04. The summed E-state index contributed by atoms with van der Waals surface area (Å²) in [6, 6.07) is 12.3. The zero-order chi connectivity index (χ0) is 22.3. The quantitative estimate of drug-likeness (QED) is 0.526. The minimum absolute atomic E-state index is 0.0450. The lowest BCUT2D eigenvalue weighted by atomic mass is 9.93. The Bertz CT molecular complexity index is 1230. The Morgan fingerprint density at radius 3 is 2.66 bits per heavy atom. The molecule has 1 aliphatic heterocycles. The van der Waals surface area contributed by atoms with E-state index in [1.807, 2.05) is 18.2 Å². The fourth-order valence-electron chi connectivity index (χ4n) is 4.68. The zero-order valence-electron chi connectivity index (χ0n) is 17.7. The highest BCUT2D eigenvalue weighted by atomic mass is 16.4. The van der Waals surface area contributed by atoms with Crippen molar-refractivity contribution < 1.29 is 14.0 Å². The maximum atomic E-state index is 13.5. The number of carbonyl (C=O) groups is 2. The second-order valence-corrected chi connectivity index (χ2v) is 8.83. The number of aromatic amines is 1. The van der Waals surface area contributed by atoms with E-state index in [-0.39, 0.29) is 11.9 Å². The number of oxazole rings is 1. The van der Waals surface area contributed by atoms with Crippen LogP contribution < -0.4 is 16.8 Å². The van der Waals surface area contributed by atoms with Crippen molar-refractivity contribution in [2.45, 2.75) is 37.1 Å². The van der Waals surface area contributed by atoms with Crippen molar-refractivity contribution in [1.82, 2.24) is 15.2 Å². The number of nitrogens with two attached hydrogens (primary N) is 1. The van der Waals surface area contributed by atoms with Crippen LogP contribution >= 0.6 is 0 Å². The van der Waals surface area contributed by atoms with Crippen LogP contribution in [0.15, 0.2) is 51.7 Å². The molecule has 2 amide bonds. The van der Waals surface area contributed by atoms with E-state index in [0.717, 1.165) is 49.9 Å². The van der Waals surface area contributed by atoms with Gasteiger partial charge in [-0.2, -0.15) is 0 Å². The summed E-state index contributed by atoms with van der Waals surface area (Å²) in [6.07, 6.45) is 3.78. The monoisotopic (exact) mass is 434 g/mol. The van der Waals surface area contributed by atoms with Gasteiger partial charge in [0, 0.05) is 12.1 Å². The van der Waals surface area contributed by atoms with Crippen molar-refractivity contribution >= 4 is 22.9 Å². The summed E-state index contributed by atoms with van der Waals surface area (Å²) < 4.78 is 5.09. The highest BCUT2D eigenvalue weighted by Crippen LogP contribution is 2.49. The highest BCUT2D eigenvalue weighted by Gasteiger charge is 2.52. The van der Waals surface area contributed by atoms with Gasteiger partial charge in [-0.15, -0.1) is 0 Å². The van der Waals surface area contributed by atoms with Crippen LogP contribution in [-0.2, 0) is 10.2 Å². The number of H-pyrrole nitrogens is 1. The predicted octanol–water partition coefficient (Wildman–Crippen LogP) is 2.20. The summed E-state index contributed by atoms with van der Waals surface area (Å²) in [5.41, 5.74) is 8.09. The van der Waals surface area contributed by atoms with E-state index in [1.54, 1.807) is 24.3 Å². The van der Waals surface area contributed by atoms with Crippen molar-refractivity contribution in [3.05, 3.63) is 69.7 Å². The van der Waals surface area contributed by atoms with E-state index < -0.39 is 17.1 Å². The third-order valence-corrected chi connectivity index (χ3v) is 6.67. The van der Waals surface area contributed by atoms with Gasteiger partial charge in [0.2, 0.25) is 11.8 Å². The van der Waals surface area contributed by atoms with E-state index in [0.29, 0.717) is 23.2 Å². The molecule has 3 aromatic rings. The summed E-state index contributed by atoms with van der Waals surface area (Å²) >= 11 is 0. The van der Waals surface area contributed by atoms with E-state index in [1.165, 1.54) is 0 Å². The van der Waals surface area contributed by atoms with Gasteiger partial charge in [0.15, 0.2) is 5.58 Å². The first-order chi connectivity index (χ1) is 15.4. The summed E-state index contributed by atoms with van der Waals surface area (Å²) in [5, 5.41) is 3.25. The van der Waals surface area contributed by atoms with Crippen molar-refractivity contribution in [3.63, 3.8) is 0 Å². The van der Waals surface area contributed by atoms with Gasteiger partial charge in [0.1, 0.15) is 0 Å². The van der Waals surface area contributed by atoms with Gasteiger partial charge in [-0.25, -0.2) is 4.79 Å². The first-order valence-electron chi connectivity index (χ1n) is 11.0. The van der Waals surface area contributed by atoms with Crippen molar-refractivity contribution in [1.29, 1.82) is 0 Å². The van der Waals surface area contributed by atoms with Gasteiger partial charge >= 0.3 is 5.76 Å². The Labute approximate surface area is 184 Å². The molecule has 8 heteroatoms. The molecule has 2 aromatic carbocycles. The van der Waals surface area contributed by atoms with Gasteiger partial charge in [-0.1, -0.05) is 18.2 Å². The topological polar surface area (TPSA) is 121 Å². The maximum Gasteiger partial charge on any atom is 0.417 e. The molecule has 1 saturated carbocycles. The Balaban J connectivity index is 1.43. The third-order valence-electron chi connectivity index (χ3n) is 6.67. The van der Waals surface area contributed by atoms with Crippen molar-refractivity contribution in [3.8, 4) is 0 Å². The first-order valence-corrected chi connectivity index (χ1v) is 11.0. The molecule has 1 saturated heterocycles. The SMILES string of the molecule is NC(=O)c1cccc(C(CN2CCCC2)NC(=O)C2(c3ccc4oc(=O)[nH]c4c3)CC2)c1. The molecule has 1 aromatic heterocycles. The molecule has 8 nitrogen and oxygen atoms in total. The molecule has 32 heavy (non-hydrogen) atoms. The Morgan fingerprint density at radius 1 is 1.16 bits per heavy atom. The lowest BCUT2D eigenvalue weighted by Crippen LogP contribution is -2.42. The van der Waals surface area contributed by atoms with Gasteiger partial charge in [-0.05, 0) is 74.2 Å². The summed E-state index contributed by atoms with van der Waals surface area (Å²) in [6.45, 7) is 2.67. The Morgan fingerprint density at radius 2 is 1.94 bits per heavy atom. The number of primary amides is 1. The van der Waals surface area contributed by atoms with Gasteiger partial charge in [0.25, 0.3) is 0 Å². The first kappa shape index (κ1) is 20.5. The molecule has 0 radical (unpaired) electrons. The lowest BCUT2D eigenvalue weighted by Gasteiger charge is -2.27. The number of amides is 2. The van der Waals surface area contributed by atoms with Crippen LogP contribution in [0, 0.1) is 0 Å². The van der Waals surface area contributed by atoms with Crippen LogP contribution in [0.4, 0.5) is 0 Å². The van der Waals surface area contributed by atoms with Crippen LogP contribution in [0.3, 0.4) is 0 Å². The number of benzene rings is 2. The molecular formula is C24H26N4O4. The Kier molecular flexibility index (Phi) is 5.09. The molecule has 166 valence electrons. The third kappa shape index (κ3) is 3.82. The van der Waals surface area contributed by atoms with Crippen LogP contribution in [0.25, 0.3) is 11.1 Å². The summed E-state index contributed by atoms with van der Waals surface area (Å²) in [7, 11) is 0. The molecule has 0 bridgehead atoms. The minimum atomic E-state index is -0.618. The van der Waals surface area contributed by atoms with Crippen molar-refractivity contribution in [2.75, 3.05) is 19.6 Å². The molecule has 4 N–H and O–H groups in total. The van der Waals surface area contributed by atoms with Crippen LogP contribution in [0.5, 0.6) is 0 Å². The molecule has 1 unspecified atom stereocenters. The number of likely N-dealkylation sites (tertiary alicyclic amines) is 1. The summed E-state index contributed by atoms with van der Waals surface area (Å²) in [4.78, 5) is 41.7.